The molecule has 0 unspecified atom stereocenters. The van der Waals surface area contributed by atoms with Crippen LogP contribution in [0.4, 0.5) is 13.2 Å². The van der Waals surface area contributed by atoms with E-state index in [0.29, 0.717) is 17.1 Å². The highest BCUT2D eigenvalue weighted by Crippen LogP contribution is 2.33. The molecule has 0 aliphatic carbocycles. The van der Waals surface area contributed by atoms with Crippen LogP contribution < -0.4 is 9.47 Å². The van der Waals surface area contributed by atoms with Crippen LogP contribution in [-0.2, 0) is 0 Å². The number of rotatable bonds is 2. The zero-order valence-electron chi connectivity index (χ0n) is 7.54. The van der Waals surface area contributed by atoms with Gasteiger partial charge in [0.2, 0.25) is 6.79 Å². The molecule has 2 nitrogen and oxygen atoms in total. The van der Waals surface area contributed by atoms with E-state index in [0.717, 1.165) is 6.08 Å². The third-order valence-electron chi connectivity index (χ3n) is 1.91. The smallest absolute Gasteiger partial charge is 0.289 e. The van der Waals surface area contributed by atoms with Crippen LogP contribution in [-0.4, -0.2) is 13.2 Å². The molecule has 0 N–H and O–H groups in total. The number of alkyl halides is 2. The van der Waals surface area contributed by atoms with Crippen LogP contribution in [0, 0.1) is 0 Å². The molecule has 0 fully saturated rings. The molecule has 0 spiro atoms. The summed E-state index contributed by atoms with van der Waals surface area (Å²) in [6.07, 6.45) is -2.32. The van der Waals surface area contributed by atoms with Crippen LogP contribution in [0.3, 0.4) is 0 Å². The van der Waals surface area contributed by atoms with Gasteiger partial charge >= 0.3 is 0 Å². The molecular formula is C10H7F3O2. The zero-order valence-corrected chi connectivity index (χ0v) is 7.54. The molecule has 1 aliphatic rings. The molecule has 0 radical (unpaired) electrons. The Balaban J connectivity index is 2.27. The van der Waals surface area contributed by atoms with Crippen molar-refractivity contribution in [3.63, 3.8) is 0 Å². The maximum absolute atomic E-state index is 12.6. The highest BCUT2D eigenvalue weighted by atomic mass is 19.3. The fraction of sp³-hybridized carbons (Fsp3) is 0.200. The van der Waals surface area contributed by atoms with Crippen LogP contribution in [0.15, 0.2) is 24.0 Å². The maximum atomic E-state index is 12.6. The number of fused-ring (bicyclic) bond motifs is 1. The summed E-state index contributed by atoms with van der Waals surface area (Å²) in [7, 11) is 0. The summed E-state index contributed by atoms with van der Waals surface area (Å²) in [4.78, 5) is 0. The molecule has 5 heteroatoms. The SMILES string of the molecule is F/C(=C\c1ccc2c(c1)OCO2)C(F)F. The largest absolute Gasteiger partial charge is 0.454 e. The quantitative estimate of drug-likeness (QED) is 0.756. The number of halogens is 3. The Morgan fingerprint density at radius 2 is 2.00 bits per heavy atom. The molecule has 0 atom stereocenters. The van der Waals surface area contributed by atoms with Crippen molar-refractivity contribution in [3.05, 3.63) is 29.6 Å². The first-order valence-corrected chi connectivity index (χ1v) is 4.22. The maximum Gasteiger partial charge on any atom is 0.289 e. The predicted octanol–water partition coefficient (Wildman–Crippen LogP) is 2.99. The van der Waals surface area contributed by atoms with Gasteiger partial charge in [-0.25, -0.2) is 13.2 Å². The molecule has 1 heterocycles. The molecular weight excluding hydrogens is 209 g/mol. The monoisotopic (exact) mass is 216 g/mol. The van der Waals surface area contributed by atoms with Gasteiger partial charge in [-0.3, -0.25) is 0 Å². The lowest BCUT2D eigenvalue weighted by atomic mass is 10.2. The Morgan fingerprint density at radius 3 is 2.73 bits per heavy atom. The highest BCUT2D eigenvalue weighted by Gasteiger charge is 2.14. The molecule has 0 saturated heterocycles. The minimum atomic E-state index is -3.09. The van der Waals surface area contributed by atoms with Crippen molar-refractivity contribution in [2.45, 2.75) is 6.43 Å². The topological polar surface area (TPSA) is 18.5 Å². The Kier molecular flexibility index (Phi) is 2.53. The van der Waals surface area contributed by atoms with Crippen LogP contribution in [0.25, 0.3) is 6.08 Å². The van der Waals surface area contributed by atoms with Gasteiger partial charge < -0.3 is 9.47 Å². The molecule has 15 heavy (non-hydrogen) atoms. The van der Waals surface area contributed by atoms with Crippen molar-refractivity contribution in [3.8, 4) is 11.5 Å². The molecule has 0 saturated carbocycles. The lowest BCUT2D eigenvalue weighted by Crippen LogP contribution is -1.92. The minimum absolute atomic E-state index is 0.0971. The molecule has 0 amide bonds. The van der Waals surface area contributed by atoms with Gasteiger partial charge in [0, 0.05) is 0 Å². The molecule has 1 aliphatic heterocycles. The lowest BCUT2D eigenvalue weighted by Gasteiger charge is -1.98. The Labute approximate surface area is 83.9 Å². The highest BCUT2D eigenvalue weighted by molar-refractivity contribution is 5.57. The first-order valence-electron chi connectivity index (χ1n) is 4.22. The summed E-state index contributed by atoms with van der Waals surface area (Å²) in [5.41, 5.74) is 0.317. The van der Waals surface area contributed by atoms with E-state index >= 15 is 0 Å². The fourth-order valence-electron chi connectivity index (χ4n) is 1.23. The first-order chi connectivity index (χ1) is 7.16. The van der Waals surface area contributed by atoms with Gasteiger partial charge in [-0.2, -0.15) is 0 Å². The summed E-state index contributed by atoms with van der Waals surface area (Å²) in [6.45, 7) is 0.0971. The Morgan fingerprint density at radius 1 is 1.27 bits per heavy atom. The number of ether oxygens (including phenoxy) is 2. The van der Waals surface area contributed by atoms with Crippen molar-refractivity contribution in [1.29, 1.82) is 0 Å². The van der Waals surface area contributed by atoms with Crippen molar-refractivity contribution < 1.29 is 22.6 Å². The average molecular weight is 216 g/mol. The predicted molar refractivity (Wildman–Crippen MR) is 47.7 cm³/mol. The van der Waals surface area contributed by atoms with Gasteiger partial charge in [-0.15, -0.1) is 0 Å². The summed E-state index contributed by atoms with van der Waals surface area (Å²) < 4.78 is 46.4. The summed E-state index contributed by atoms with van der Waals surface area (Å²) in [5, 5.41) is 0. The van der Waals surface area contributed by atoms with Crippen molar-refractivity contribution in [2.24, 2.45) is 0 Å². The van der Waals surface area contributed by atoms with E-state index in [1.165, 1.54) is 12.1 Å². The molecule has 0 bridgehead atoms. The van der Waals surface area contributed by atoms with E-state index in [-0.39, 0.29) is 6.79 Å². The Bertz CT molecular complexity index is 402. The van der Waals surface area contributed by atoms with Crippen molar-refractivity contribution >= 4 is 6.08 Å². The lowest BCUT2D eigenvalue weighted by molar-refractivity contribution is 0.161. The van der Waals surface area contributed by atoms with Gasteiger partial charge in [-0.05, 0) is 23.8 Å². The molecule has 1 aromatic rings. The van der Waals surface area contributed by atoms with Crippen LogP contribution in [0.5, 0.6) is 11.5 Å². The summed E-state index contributed by atoms with van der Waals surface area (Å²) >= 11 is 0. The standard InChI is InChI=1S/C10H7F3O2/c11-7(10(12)13)3-6-1-2-8-9(4-6)15-5-14-8/h1-4,10H,5H2/b7-3-. The van der Waals surface area contributed by atoms with E-state index in [1.54, 1.807) is 6.07 Å². The molecule has 2 rings (SSSR count). The molecule has 0 aromatic heterocycles. The third-order valence-corrected chi connectivity index (χ3v) is 1.91. The van der Waals surface area contributed by atoms with E-state index in [4.69, 9.17) is 9.47 Å². The number of benzene rings is 1. The van der Waals surface area contributed by atoms with Gasteiger partial charge in [0.25, 0.3) is 6.43 Å². The molecule has 80 valence electrons. The minimum Gasteiger partial charge on any atom is -0.454 e. The Hall–Kier alpha value is -1.65. The first kappa shape index (κ1) is 9.89. The van der Waals surface area contributed by atoms with Crippen LogP contribution in [0.2, 0.25) is 0 Å². The second-order valence-electron chi connectivity index (χ2n) is 2.94. The third kappa shape index (κ3) is 2.06. The number of hydrogen-bond acceptors (Lipinski definition) is 2. The van der Waals surface area contributed by atoms with Gasteiger partial charge in [0.15, 0.2) is 17.3 Å². The van der Waals surface area contributed by atoms with Gasteiger partial charge in [-0.1, -0.05) is 6.07 Å². The summed E-state index contributed by atoms with van der Waals surface area (Å²) in [5.74, 6) is -0.496. The second kappa shape index (κ2) is 3.84. The summed E-state index contributed by atoms with van der Waals surface area (Å²) in [6, 6.07) is 4.48. The zero-order chi connectivity index (χ0) is 10.8. The van der Waals surface area contributed by atoms with Crippen molar-refractivity contribution in [1.82, 2.24) is 0 Å². The van der Waals surface area contributed by atoms with E-state index in [1.807, 2.05) is 0 Å². The molecule has 1 aromatic carbocycles. The van der Waals surface area contributed by atoms with Crippen LogP contribution >= 0.6 is 0 Å². The van der Waals surface area contributed by atoms with Crippen molar-refractivity contribution in [2.75, 3.05) is 6.79 Å². The van der Waals surface area contributed by atoms with Gasteiger partial charge in [0.05, 0.1) is 0 Å². The van der Waals surface area contributed by atoms with E-state index < -0.39 is 12.3 Å². The number of allylic oxidation sites excluding steroid dienone is 1. The normalized spacial score (nSPS) is 14.8. The van der Waals surface area contributed by atoms with Gasteiger partial charge in [0.1, 0.15) is 0 Å². The second-order valence-corrected chi connectivity index (χ2v) is 2.94. The van der Waals surface area contributed by atoms with Crippen LogP contribution in [0.1, 0.15) is 5.56 Å². The number of hydrogen-bond donors (Lipinski definition) is 0. The fourth-order valence-corrected chi connectivity index (χ4v) is 1.23. The average Bonchev–Trinajstić information content (AvgIpc) is 2.64. The van der Waals surface area contributed by atoms with E-state index in [2.05, 4.69) is 0 Å². The van der Waals surface area contributed by atoms with E-state index in [9.17, 15) is 13.2 Å².